The molecule has 5 nitrogen and oxygen atoms in total. The number of rotatable bonds is 6. The average Bonchev–Trinajstić information content (AvgIpc) is 3.23. The molecule has 2 aromatic heterocycles. The third-order valence-corrected chi connectivity index (χ3v) is 5.15. The molecule has 1 saturated heterocycles. The van der Waals surface area contributed by atoms with E-state index < -0.39 is 0 Å². The molecule has 122 valence electrons. The molecule has 0 aromatic carbocycles. The molecule has 3 heterocycles. The lowest BCUT2D eigenvalue weighted by Gasteiger charge is -2.24. The topological polar surface area (TPSA) is 59.0 Å². The number of nitrogens with zero attached hydrogens (tertiary/aromatic N) is 4. The number of pyridine rings is 1. The van der Waals surface area contributed by atoms with E-state index in [0.29, 0.717) is 6.04 Å². The van der Waals surface area contributed by atoms with Gasteiger partial charge in [-0.2, -0.15) is 0 Å². The first-order valence-corrected chi connectivity index (χ1v) is 9.08. The molecule has 0 spiro atoms. The highest BCUT2D eigenvalue weighted by molar-refractivity contribution is 7.08. The van der Waals surface area contributed by atoms with Crippen LogP contribution in [-0.2, 0) is 12.8 Å². The van der Waals surface area contributed by atoms with E-state index >= 15 is 0 Å². The normalized spacial score (nSPS) is 17.6. The summed E-state index contributed by atoms with van der Waals surface area (Å²) in [6.07, 6.45) is 9.63. The Balaban J connectivity index is 1.66. The zero-order chi connectivity index (χ0) is 16.1. The highest BCUT2D eigenvalue weighted by atomic mass is 32.1. The maximum Gasteiger partial charge on any atom is 0.267 e. The lowest BCUT2D eigenvalue weighted by atomic mass is 10.0. The molecular weight excluding hydrogens is 308 g/mol. The van der Waals surface area contributed by atoms with Crippen LogP contribution < -0.4 is 0 Å². The first-order valence-electron chi connectivity index (χ1n) is 8.30. The fourth-order valence-electron chi connectivity index (χ4n) is 3.19. The molecule has 1 aliphatic heterocycles. The number of amides is 1. The summed E-state index contributed by atoms with van der Waals surface area (Å²) in [7, 11) is 0. The molecule has 2 aromatic rings. The van der Waals surface area contributed by atoms with Gasteiger partial charge in [0.2, 0.25) is 0 Å². The first kappa shape index (κ1) is 16.1. The van der Waals surface area contributed by atoms with Crippen molar-refractivity contribution in [2.75, 3.05) is 6.54 Å². The van der Waals surface area contributed by atoms with Crippen LogP contribution in [0, 0.1) is 0 Å². The zero-order valence-corrected chi connectivity index (χ0v) is 14.3. The molecule has 0 saturated carbocycles. The molecule has 23 heavy (non-hydrogen) atoms. The third-order valence-electron chi connectivity index (χ3n) is 4.39. The fourth-order valence-corrected chi connectivity index (χ4v) is 3.85. The lowest BCUT2D eigenvalue weighted by molar-refractivity contribution is 0.0734. The van der Waals surface area contributed by atoms with Crippen LogP contribution in [0.1, 0.15) is 53.5 Å². The number of hydrogen-bond acceptors (Lipinski definition) is 5. The summed E-state index contributed by atoms with van der Waals surface area (Å²) in [5.74, 6) is 0.126. The number of hydrogen-bond donors (Lipinski definition) is 0. The van der Waals surface area contributed by atoms with E-state index in [1.165, 1.54) is 17.1 Å². The van der Waals surface area contributed by atoms with Gasteiger partial charge in [0.15, 0.2) is 0 Å². The Kier molecular flexibility index (Phi) is 5.33. The van der Waals surface area contributed by atoms with Crippen LogP contribution in [0.5, 0.6) is 0 Å². The van der Waals surface area contributed by atoms with Gasteiger partial charge in [-0.15, -0.1) is 5.10 Å². The van der Waals surface area contributed by atoms with Gasteiger partial charge in [0.25, 0.3) is 5.91 Å². The van der Waals surface area contributed by atoms with Crippen molar-refractivity contribution in [2.24, 2.45) is 0 Å². The minimum absolute atomic E-state index is 0.126. The van der Waals surface area contributed by atoms with E-state index in [1.54, 1.807) is 0 Å². The SMILES string of the molecule is CCCc1nnsc1C(=O)N1CCCC1CCc1ccncc1. The van der Waals surface area contributed by atoms with Gasteiger partial charge < -0.3 is 4.90 Å². The van der Waals surface area contributed by atoms with Gasteiger partial charge in [0.1, 0.15) is 4.88 Å². The summed E-state index contributed by atoms with van der Waals surface area (Å²) in [4.78, 5) is 19.7. The number of likely N-dealkylation sites (tertiary alicyclic amines) is 1. The van der Waals surface area contributed by atoms with Crippen molar-refractivity contribution < 1.29 is 4.79 Å². The minimum atomic E-state index is 0.126. The van der Waals surface area contributed by atoms with Crippen molar-refractivity contribution in [2.45, 2.75) is 51.5 Å². The van der Waals surface area contributed by atoms with Crippen LogP contribution in [0.2, 0.25) is 0 Å². The van der Waals surface area contributed by atoms with Crippen molar-refractivity contribution in [3.8, 4) is 0 Å². The standard InChI is InChI=1S/C17H22N4OS/c1-2-4-15-16(23-20-19-15)17(22)21-12-3-5-14(21)7-6-13-8-10-18-11-9-13/h8-11,14H,2-7,12H2,1H3. The van der Waals surface area contributed by atoms with E-state index in [2.05, 4.69) is 21.5 Å². The lowest BCUT2D eigenvalue weighted by Crippen LogP contribution is -2.35. The van der Waals surface area contributed by atoms with Gasteiger partial charge in [-0.3, -0.25) is 9.78 Å². The molecule has 1 aliphatic rings. The second-order valence-corrected chi connectivity index (χ2v) is 6.74. The van der Waals surface area contributed by atoms with Crippen LogP contribution >= 0.6 is 11.5 Å². The van der Waals surface area contributed by atoms with E-state index in [9.17, 15) is 4.79 Å². The Morgan fingerprint density at radius 2 is 2.17 bits per heavy atom. The summed E-state index contributed by atoms with van der Waals surface area (Å²) in [5, 5.41) is 4.13. The van der Waals surface area contributed by atoms with E-state index in [-0.39, 0.29) is 5.91 Å². The van der Waals surface area contributed by atoms with E-state index in [1.807, 2.05) is 29.4 Å². The molecule has 3 rings (SSSR count). The smallest absolute Gasteiger partial charge is 0.267 e. The molecule has 1 atom stereocenters. The van der Waals surface area contributed by atoms with Crippen molar-refractivity contribution in [1.29, 1.82) is 0 Å². The number of aryl methyl sites for hydroxylation is 2. The summed E-state index contributed by atoms with van der Waals surface area (Å²) in [5.41, 5.74) is 2.15. The van der Waals surface area contributed by atoms with Gasteiger partial charge >= 0.3 is 0 Å². The van der Waals surface area contributed by atoms with Gasteiger partial charge in [0, 0.05) is 25.0 Å². The largest absolute Gasteiger partial charge is 0.335 e. The quantitative estimate of drug-likeness (QED) is 0.816. The first-order chi connectivity index (χ1) is 11.3. The van der Waals surface area contributed by atoms with Gasteiger partial charge in [-0.05, 0) is 61.3 Å². The zero-order valence-electron chi connectivity index (χ0n) is 13.4. The monoisotopic (exact) mass is 330 g/mol. The third kappa shape index (κ3) is 3.75. The van der Waals surface area contributed by atoms with E-state index in [4.69, 9.17) is 0 Å². The van der Waals surface area contributed by atoms with E-state index in [0.717, 1.165) is 55.6 Å². The molecule has 0 bridgehead atoms. The maximum absolute atomic E-state index is 12.9. The molecule has 0 N–H and O–H groups in total. The summed E-state index contributed by atoms with van der Waals surface area (Å²) in [6.45, 7) is 2.95. The molecule has 1 fully saturated rings. The van der Waals surface area contributed by atoms with Crippen molar-refractivity contribution in [3.05, 3.63) is 40.7 Å². The molecule has 1 unspecified atom stereocenters. The van der Waals surface area contributed by atoms with Crippen LogP contribution in [0.15, 0.2) is 24.5 Å². The highest BCUT2D eigenvalue weighted by Gasteiger charge is 2.31. The second kappa shape index (κ2) is 7.64. The van der Waals surface area contributed by atoms with Gasteiger partial charge in [0.05, 0.1) is 5.69 Å². The Morgan fingerprint density at radius 3 is 2.96 bits per heavy atom. The minimum Gasteiger partial charge on any atom is -0.335 e. The fraction of sp³-hybridized carbons (Fsp3) is 0.529. The molecule has 1 amide bonds. The van der Waals surface area contributed by atoms with Crippen molar-refractivity contribution in [3.63, 3.8) is 0 Å². The molecular formula is C17H22N4OS. The molecule has 0 aliphatic carbocycles. The molecule has 0 radical (unpaired) electrons. The highest BCUT2D eigenvalue weighted by Crippen LogP contribution is 2.26. The Hall–Kier alpha value is -1.82. The Bertz CT molecular complexity index is 643. The summed E-state index contributed by atoms with van der Waals surface area (Å²) >= 11 is 1.24. The van der Waals surface area contributed by atoms with Crippen LogP contribution in [0.25, 0.3) is 0 Å². The number of carbonyl (C=O) groups excluding carboxylic acids is 1. The second-order valence-electron chi connectivity index (χ2n) is 5.99. The van der Waals surface area contributed by atoms with Gasteiger partial charge in [-0.25, -0.2) is 0 Å². The predicted molar refractivity (Wildman–Crippen MR) is 90.5 cm³/mol. The van der Waals surface area contributed by atoms with Crippen LogP contribution in [0.3, 0.4) is 0 Å². The average molecular weight is 330 g/mol. The van der Waals surface area contributed by atoms with Gasteiger partial charge in [-0.1, -0.05) is 17.8 Å². The summed E-state index contributed by atoms with van der Waals surface area (Å²) < 4.78 is 3.99. The summed E-state index contributed by atoms with van der Waals surface area (Å²) in [6, 6.07) is 4.42. The van der Waals surface area contributed by atoms with Crippen molar-refractivity contribution in [1.82, 2.24) is 19.5 Å². The predicted octanol–water partition coefficient (Wildman–Crippen LogP) is 3.12. The number of carbonyl (C=O) groups is 1. The van der Waals surface area contributed by atoms with Crippen LogP contribution in [-0.4, -0.2) is 38.0 Å². The molecule has 6 heteroatoms. The number of aromatic nitrogens is 3. The van der Waals surface area contributed by atoms with Crippen molar-refractivity contribution >= 4 is 17.4 Å². The maximum atomic E-state index is 12.9. The van der Waals surface area contributed by atoms with Crippen LogP contribution in [0.4, 0.5) is 0 Å². The Labute approximate surface area is 140 Å². The Morgan fingerprint density at radius 1 is 1.35 bits per heavy atom.